The Morgan fingerprint density at radius 3 is 2.07 bits per heavy atom. The molecule has 4 heteroatoms. The van der Waals surface area contributed by atoms with Gasteiger partial charge >= 0.3 is 7.60 Å². The third-order valence-corrected chi connectivity index (χ3v) is 5.55. The normalized spacial score (nSPS) is 19.1. The number of hydrogen-bond acceptors (Lipinski definition) is 3. The molecule has 0 radical (unpaired) electrons. The first-order valence-corrected chi connectivity index (χ1v) is 7.66. The predicted molar refractivity (Wildman–Crippen MR) is 62.3 cm³/mol. The first-order chi connectivity index (χ1) is 7.16. The Morgan fingerprint density at radius 2 is 1.73 bits per heavy atom. The second-order valence-corrected chi connectivity index (χ2v) is 6.44. The van der Waals surface area contributed by atoms with E-state index in [2.05, 4.69) is 6.92 Å². The standard InChI is InChI=1S/C11H23O3P/c1-4-11(9-10-7-8-10)15(12,13-5-2)14-6-3/h10-11H,4-9H2,1-3H3. The van der Waals surface area contributed by atoms with Gasteiger partial charge in [-0.15, -0.1) is 0 Å². The van der Waals surface area contributed by atoms with Crippen LogP contribution in [0.5, 0.6) is 0 Å². The fourth-order valence-electron chi connectivity index (χ4n) is 1.87. The average molecular weight is 234 g/mol. The molecule has 0 aromatic heterocycles. The molecule has 0 saturated heterocycles. The van der Waals surface area contributed by atoms with Gasteiger partial charge in [-0.3, -0.25) is 4.57 Å². The van der Waals surface area contributed by atoms with Crippen molar-refractivity contribution in [2.45, 2.75) is 52.1 Å². The van der Waals surface area contributed by atoms with E-state index in [4.69, 9.17) is 9.05 Å². The Kier molecular flexibility index (Phi) is 5.31. The molecule has 0 aromatic rings. The Hall–Kier alpha value is 0.150. The maximum atomic E-state index is 12.5. The monoisotopic (exact) mass is 234 g/mol. The third-order valence-electron chi connectivity index (χ3n) is 2.84. The summed E-state index contributed by atoms with van der Waals surface area (Å²) in [4.78, 5) is 0. The van der Waals surface area contributed by atoms with Gasteiger partial charge in [-0.2, -0.15) is 0 Å². The highest BCUT2D eigenvalue weighted by Gasteiger charge is 2.38. The molecule has 0 bridgehead atoms. The van der Waals surface area contributed by atoms with Gasteiger partial charge in [0.25, 0.3) is 0 Å². The van der Waals surface area contributed by atoms with Crippen LogP contribution in [0.1, 0.15) is 46.5 Å². The van der Waals surface area contributed by atoms with Gasteiger partial charge in [0.2, 0.25) is 0 Å². The molecule has 1 fully saturated rings. The maximum Gasteiger partial charge on any atom is 0.333 e. The minimum atomic E-state index is -2.84. The highest BCUT2D eigenvalue weighted by atomic mass is 31.2. The molecular weight excluding hydrogens is 211 g/mol. The molecule has 1 unspecified atom stereocenters. The molecule has 0 spiro atoms. The van der Waals surface area contributed by atoms with Crippen LogP contribution in [-0.4, -0.2) is 18.9 Å². The second kappa shape index (κ2) is 6.03. The van der Waals surface area contributed by atoms with Gasteiger partial charge in [-0.1, -0.05) is 19.8 Å². The first kappa shape index (κ1) is 13.2. The molecule has 0 amide bonds. The average Bonchev–Trinajstić information content (AvgIpc) is 2.98. The third kappa shape index (κ3) is 3.90. The van der Waals surface area contributed by atoms with Crippen molar-refractivity contribution < 1.29 is 13.6 Å². The highest BCUT2D eigenvalue weighted by Crippen LogP contribution is 2.57. The number of rotatable bonds is 8. The topological polar surface area (TPSA) is 35.5 Å². The van der Waals surface area contributed by atoms with E-state index in [9.17, 15) is 4.57 Å². The quantitative estimate of drug-likeness (QED) is 0.599. The Bertz CT molecular complexity index is 216. The van der Waals surface area contributed by atoms with E-state index in [1.807, 2.05) is 13.8 Å². The molecular formula is C11H23O3P. The van der Waals surface area contributed by atoms with Gasteiger partial charge in [0.05, 0.1) is 18.9 Å². The van der Waals surface area contributed by atoms with Crippen LogP contribution in [0, 0.1) is 5.92 Å². The van der Waals surface area contributed by atoms with Crippen LogP contribution in [0.15, 0.2) is 0 Å². The van der Waals surface area contributed by atoms with Crippen LogP contribution in [0.25, 0.3) is 0 Å². The SMILES string of the molecule is CCOP(=O)(OCC)C(CC)CC1CC1. The van der Waals surface area contributed by atoms with Gasteiger partial charge in [0.1, 0.15) is 0 Å². The Labute approximate surface area is 93.1 Å². The fourth-order valence-corrected chi connectivity index (χ4v) is 4.09. The summed E-state index contributed by atoms with van der Waals surface area (Å²) in [5.74, 6) is 0.768. The van der Waals surface area contributed by atoms with Crippen LogP contribution in [0.4, 0.5) is 0 Å². The highest BCUT2D eigenvalue weighted by molar-refractivity contribution is 7.54. The molecule has 90 valence electrons. The summed E-state index contributed by atoms with van der Waals surface area (Å²) in [6.07, 6.45) is 4.46. The van der Waals surface area contributed by atoms with E-state index in [-0.39, 0.29) is 5.66 Å². The fraction of sp³-hybridized carbons (Fsp3) is 1.00. The molecule has 1 saturated carbocycles. The summed E-state index contributed by atoms with van der Waals surface area (Å²) in [6.45, 7) is 6.75. The van der Waals surface area contributed by atoms with Crippen molar-refractivity contribution in [1.82, 2.24) is 0 Å². The Balaban J connectivity index is 2.59. The maximum absolute atomic E-state index is 12.5. The van der Waals surface area contributed by atoms with Gasteiger partial charge in [0.15, 0.2) is 0 Å². The van der Waals surface area contributed by atoms with E-state index in [1.165, 1.54) is 12.8 Å². The van der Waals surface area contributed by atoms with Gasteiger partial charge in [-0.05, 0) is 32.6 Å². The van der Waals surface area contributed by atoms with Crippen LogP contribution in [0.3, 0.4) is 0 Å². The summed E-state index contributed by atoms with van der Waals surface area (Å²) < 4.78 is 23.2. The van der Waals surface area contributed by atoms with Crippen LogP contribution in [-0.2, 0) is 13.6 Å². The predicted octanol–water partition coefficient (Wildman–Crippen LogP) is 3.83. The molecule has 3 nitrogen and oxygen atoms in total. The van der Waals surface area contributed by atoms with Crippen molar-refractivity contribution in [1.29, 1.82) is 0 Å². The summed E-state index contributed by atoms with van der Waals surface area (Å²) in [5.41, 5.74) is 0.102. The van der Waals surface area contributed by atoms with Crippen molar-refractivity contribution in [3.63, 3.8) is 0 Å². The molecule has 0 aromatic carbocycles. The van der Waals surface area contributed by atoms with Gasteiger partial charge < -0.3 is 9.05 Å². The Morgan fingerprint density at radius 1 is 1.20 bits per heavy atom. The van der Waals surface area contributed by atoms with E-state index in [0.29, 0.717) is 13.2 Å². The summed E-state index contributed by atoms with van der Waals surface area (Å²) >= 11 is 0. The van der Waals surface area contributed by atoms with Crippen LogP contribution in [0.2, 0.25) is 0 Å². The van der Waals surface area contributed by atoms with Crippen LogP contribution >= 0.6 is 7.60 Å². The van der Waals surface area contributed by atoms with E-state index >= 15 is 0 Å². The van der Waals surface area contributed by atoms with Crippen molar-refractivity contribution in [3.8, 4) is 0 Å². The smallest absolute Gasteiger partial charge is 0.309 e. The first-order valence-electron chi connectivity index (χ1n) is 6.05. The van der Waals surface area contributed by atoms with E-state index in [0.717, 1.165) is 18.8 Å². The molecule has 0 N–H and O–H groups in total. The number of hydrogen-bond donors (Lipinski definition) is 0. The second-order valence-electron chi connectivity index (χ2n) is 4.12. The van der Waals surface area contributed by atoms with Crippen molar-refractivity contribution in [2.24, 2.45) is 5.92 Å². The molecule has 1 aliphatic carbocycles. The zero-order valence-corrected chi connectivity index (χ0v) is 11.0. The lowest BCUT2D eigenvalue weighted by Gasteiger charge is -2.25. The van der Waals surface area contributed by atoms with Crippen molar-refractivity contribution in [2.75, 3.05) is 13.2 Å². The van der Waals surface area contributed by atoms with Gasteiger partial charge in [-0.25, -0.2) is 0 Å². The molecule has 1 atom stereocenters. The lowest BCUT2D eigenvalue weighted by Crippen LogP contribution is -2.13. The van der Waals surface area contributed by atoms with Crippen molar-refractivity contribution in [3.05, 3.63) is 0 Å². The molecule has 0 aliphatic heterocycles. The molecule has 1 rings (SSSR count). The minimum absolute atomic E-state index is 0.102. The van der Waals surface area contributed by atoms with E-state index in [1.54, 1.807) is 0 Å². The van der Waals surface area contributed by atoms with Gasteiger partial charge in [0, 0.05) is 0 Å². The zero-order chi connectivity index (χ0) is 11.3. The zero-order valence-electron chi connectivity index (χ0n) is 10.1. The molecule has 1 aliphatic rings. The van der Waals surface area contributed by atoms with Crippen LogP contribution < -0.4 is 0 Å². The molecule has 0 heterocycles. The summed E-state index contributed by atoms with van der Waals surface area (Å²) in [6, 6.07) is 0. The largest absolute Gasteiger partial charge is 0.333 e. The lowest BCUT2D eigenvalue weighted by atomic mass is 10.2. The summed E-state index contributed by atoms with van der Waals surface area (Å²) in [7, 11) is -2.84. The molecule has 15 heavy (non-hydrogen) atoms. The van der Waals surface area contributed by atoms with Crippen molar-refractivity contribution >= 4 is 7.60 Å². The van der Waals surface area contributed by atoms with E-state index < -0.39 is 7.60 Å². The minimum Gasteiger partial charge on any atom is -0.309 e. The lowest BCUT2D eigenvalue weighted by molar-refractivity contribution is 0.209. The summed E-state index contributed by atoms with van der Waals surface area (Å²) in [5, 5.41) is 0.